The Kier molecular flexibility index (Phi) is 3.51. The van der Waals surface area contributed by atoms with Gasteiger partial charge in [-0.25, -0.2) is 4.39 Å². The highest BCUT2D eigenvalue weighted by atomic mass is 32.1. The van der Waals surface area contributed by atoms with Crippen LogP contribution in [0.4, 0.5) is 4.39 Å². The van der Waals surface area contributed by atoms with Crippen LogP contribution in [0.2, 0.25) is 0 Å². The molecule has 1 aromatic carbocycles. The third-order valence-corrected chi connectivity index (χ3v) is 3.26. The summed E-state index contributed by atoms with van der Waals surface area (Å²) in [7, 11) is 0. The lowest BCUT2D eigenvalue weighted by molar-refractivity contribution is 0.295. The molecule has 0 amide bonds. The number of hydrogen-bond donors (Lipinski definition) is 1. The van der Waals surface area contributed by atoms with Crippen LogP contribution >= 0.6 is 12.2 Å². The van der Waals surface area contributed by atoms with Crippen molar-refractivity contribution < 1.29 is 4.39 Å². The van der Waals surface area contributed by atoms with E-state index < -0.39 is 0 Å². The van der Waals surface area contributed by atoms with Gasteiger partial charge in [-0.1, -0.05) is 24.4 Å². The Morgan fingerprint density at radius 3 is 2.75 bits per heavy atom. The maximum Gasteiger partial charge on any atom is 0.123 e. The number of benzene rings is 1. The number of halogens is 1. The van der Waals surface area contributed by atoms with Crippen molar-refractivity contribution in [2.24, 2.45) is 5.73 Å². The second-order valence-corrected chi connectivity index (χ2v) is 4.63. The molecule has 1 aliphatic heterocycles. The lowest BCUT2D eigenvalue weighted by Gasteiger charge is -2.23. The molecule has 1 aromatic rings. The van der Waals surface area contributed by atoms with E-state index >= 15 is 0 Å². The Morgan fingerprint density at radius 1 is 1.44 bits per heavy atom. The molecule has 16 heavy (non-hydrogen) atoms. The SMILES string of the molecule is NC(=S)C1CCCN1Cc1ccc(F)cc1. The van der Waals surface area contributed by atoms with E-state index in [1.165, 1.54) is 12.1 Å². The average molecular weight is 238 g/mol. The third-order valence-electron chi connectivity index (χ3n) is 2.99. The molecule has 1 atom stereocenters. The number of likely N-dealkylation sites (tertiary alicyclic amines) is 1. The Hall–Kier alpha value is -1.00. The van der Waals surface area contributed by atoms with Crippen LogP contribution in [0.1, 0.15) is 18.4 Å². The summed E-state index contributed by atoms with van der Waals surface area (Å²) < 4.78 is 12.8. The molecule has 0 saturated carbocycles. The Balaban J connectivity index is 2.03. The van der Waals surface area contributed by atoms with E-state index in [4.69, 9.17) is 18.0 Å². The van der Waals surface area contributed by atoms with Gasteiger partial charge >= 0.3 is 0 Å². The monoisotopic (exact) mass is 238 g/mol. The summed E-state index contributed by atoms with van der Waals surface area (Å²) in [5.74, 6) is -0.198. The van der Waals surface area contributed by atoms with Crippen LogP contribution in [0.5, 0.6) is 0 Å². The molecule has 0 bridgehead atoms. The summed E-state index contributed by atoms with van der Waals surface area (Å²) in [6.07, 6.45) is 2.17. The Labute approximate surface area is 100 Å². The quantitative estimate of drug-likeness (QED) is 0.817. The summed E-state index contributed by atoms with van der Waals surface area (Å²) in [5, 5.41) is 0. The predicted molar refractivity (Wildman–Crippen MR) is 66.6 cm³/mol. The molecule has 1 unspecified atom stereocenters. The second kappa shape index (κ2) is 4.89. The normalized spacial score (nSPS) is 21.2. The Bertz CT molecular complexity index is 377. The first-order valence-corrected chi connectivity index (χ1v) is 5.85. The summed E-state index contributed by atoms with van der Waals surface area (Å²) in [6.45, 7) is 1.81. The van der Waals surface area contributed by atoms with Crippen LogP contribution in [0.15, 0.2) is 24.3 Å². The van der Waals surface area contributed by atoms with Gasteiger partial charge < -0.3 is 5.73 Å². The second-order valence-electron chi connectivity index (χ2n) is 4.16. The van der Waals surface area contributed by atoms with Crippen LogP contribution in [0.25, 0.3) is 0 Å². The van der Waals surface area contributed by atoms with Gasteiger partial charge in [-0.2, -0.15) is 0 Å². The lowest BCUT2D eigenvalue weighted by atomic mass is 10.2. The van der Waals surface area contributed by atoms with E-state index in [1.54, 1.807) is 0 Å². The van der Waals surface area contributed by atoms with Gasteiger partial charge in [-0.05, 0) is 37.1 Å². The molecule has 0 spiro atoms. The van der Waals surface area contributed by atoms with Gasteiger partial charge in [-0.3, -0.25) is 4.90 Å². The molecule has 1 fully saturated rings. The summed E-state index contributed by atoms with van der Waals surface area (Å²) >= 11 is 5.05. The van der Waals surface area contributed by atoms with Crippen molar-refractivity contribution in [3.8, 4) is 0 Å². The molecule has 2 N–H and O–H groups in total. The van der Waals surface area contributed by atoms with Crippen molar-refractivity contribution in [1.82, 2.24) is 4.90 Å². The average Bonchev–Trinajstić information content (AvgIpc) is 2.69. The zero-order chi connectivity index (χ0) is 11.5. The maximum absolute atomic E-state index is 12.8. The predicted octanol–water partition coefficient (Wildman–Crippen LogP) is 2.08. The largest absolute Gasteiger partial charge is 0.392 e. The minimum Gasteiger partial charge on any atom is -0.392 e. The molecule has 2 rings (SSSR count). The highest BCUT2D eigenvalue weighted by Gasteiger charge is 2.26. The maximum atomic E-state index is 12.8. The molecule has 0 aliphatic carbocycles. The summed E-state index contributed by atoms with van der Waals surface area (Å²) in [5.41, 5.74) is 6.80. The number of thiocarbonyl (C=S) groups is 1. The van der Waals surface area contributed by atoms with Gasteiger partial charge in [0.25, 0.3) is 0 Å². The van der Waals surface area contributed by atoms with E-state index in [0.29, 0.717) is 4.99 Å². The van der Waals surface area contributed by atoms with Gasteiger partial charge in [0.05, 0.1) is 11.0 Å². The molecule has 0 radical (unpaired) electrons. The number of hydrogen-bond acceptors (Lipinski definition) is 2. The standard InChI is InChI=1S/C12H15FN2S/c13-10-5-3-9(4-6-10)8-15-7-1-2-11(15)12(14)16/h3-6,11H,1-2,7-8H2,(H2,14,16). The molecular weight excluding hydrogens is 223 g/mol. The van der Waals surface area contributed by atoms with Crippen molar-refractivity contribution in [2.75, 3.05) is 6.54 Å². The summed E-state index contributed by atoms with van der Waals surface area (Å²) in [4.78, 5) is 2.83. The van der Waals surface area contributed by atoms with Gasteiger partial charge in [0, 0.05) is 6.54 Å². The topological polar surface area (TPSA) is 29.3 Å². The minimum atomic E-state index is -0.198. The van der Waals surface area contributed by atoms with E-state index in [0.717, 1.165) is 31.5 Å². The molecule has 1 heterocycles. The highest BCUT2D eigenvalue weighted by Crippen LogP contribution is 2.20. The first-order valence-electron chi connectivity index (χ1n) is 5.44. The van der Waals surface area contributed by atoms with Crippen molar-refractivity contribution in [3.05, 3.63) is 35.6 Å². The van der Waals surface area contributed by atoms with E-state index in [2.05, 4.69) is 4.90 Å². The summed E-state index contributed by atoms with van der Waals surface area (Å²) in [6, 6.07) is 6.80. The van der Waals surface area contributed by atoms with Crippen LogP contribution in [-0.2, 0) is 6.54 Å². The van der Waals surface area contributed by atoms with Crippen LogP contribution in [-0.4, -0.2) is 22.5 Å². The molecule has 4 heteroatoms. The van der Waals surface area contributed by atoms with Crippen molar-refractivity contribution in [3.63, 3.8) is 0 Å². The first kappa shape index (κ1) is 11.5. The van der Waals surface area contributed by atoms with Gasteiger partial charge in [-0.15, -0.1) is 0 Å². The van der Waals surface area contributed by atoms with Crippen LogP contribution in [0, 0.1) is 5.82 Å². The van der Waals surface area contributed by atoms with E-state index in [-0.39, 0.29) is 11.9 Å². The van der Waals surface area contributed by atoms with Gasteiger partial charge in [0.15, 0.2) is 0 Å². The zero-order valence-electron chi connectivity index (χ0n) is 9.03. The number of rotatable bonds is 3. The van der Waals surface area contributed by atoms with Gasteiger partial charge in [0.1, 0.15) is 5.82 Å². The molecule has 2 nitrogen and oxygen atoms in total. The van der Waals surface area contributed by atoms with Gasteiger partial charge in [0.2, 0.25) is 0 Å². The van der Waals surface area contributed by atoms with Crippen molar-refractivity contribution >= 4 is 17.2 Å². The lowest BCUT2D eigenvalue weighted by Crippen LogP contribution is -2.38. The van der Waals surface area contributed by atoms with E-state index in [1.807, 2.05) is 12.1 Å². The molecule has 0 aromatic heterocycles. The van der Waals surface area contributed by atoms with Crippen molar-refractivity contribution in [2.45, 2.75) is 25.4 Å². The molecule has 1 aliphatic rings. The zero-order valence-corrected chi connectivity index (χ0v) is 9.84. The highest BCUT2D eigenvalue weighted by molar-refractivity contribution is 7.80. The number of nitrogens with two attached hydrogens (primary N) is 1. The fourth-order valence-corrected chi connectivity index (χ4v) is 2.43. The number of nitrogens with zero attached hydrogens (tertiary/aromatic N) is 1. The van der Waals surface area contributed by atoms with Crippen molar-refractivity contribution in [1.29, 1.82) is 0 Å². The fourth-order valence-electron chi connectivity index (χ4n) is 2.16. The first-order chi connectivity index (χ1) is 7.66. The van der Waals surface area contributed by atoms with Crippen LogP contribution in [0.3, 0.4) is 0 Å². The molecular formula is C12H15FN2S. The molecule has 86 valence electrons. The Morgan fingerprint density at radius 2 is 2.12 bits per heavy atom. The molecule has 1 saturated heterocycles. The van der Waals surface area contributed by atoms with Crippen LogP contribution < -0.4 is 5.73 Å². The van der Waals surface area contributed by atoms with E-state index in [9.17, 15) is 4.39 Å². The fraction of sp³-hybridized carbons (Fsp3) is 0.417. The minimum absolute atomic E-state index is 0.198. The smallest absolute Gasteiger partial charge is 0.123 e. The third kappa shape index (κ3) is 2.57.